The number of carbonyl (C=O) groups excluding carboxylic acids is 1. The Hall–Kier alpha value is -1.61. The van der Waals surface area contributed by atoms with Gasteiger partial charge in [-0.15, -0.1) is 11.6 Å². The van der Waals surface area contributed by atoms with E-state index < -0.39 is 0 Å². The molecule has 1 aliphatic rings. The van der Waals surface area contributed by atoms with Crippen molar-refractivity contribution < 1.29 is 9.18 Å². The molecule has 0 bridgehead atoms. The van der Waals surface area contributed by atoms with Gasteiger partial charge in [0.1, 0.15) is 5.82 Å². The molecule has 2 aromatic carbocycles. The first-order valence-corrected chi connectivity index (χ1v) is 7.74. The summed E-state index contributed by atoms with van der Waals surface area (Å²) in [6.45, 7) is 0. The third-order valence-corrected chi connectivity index (χ3v) is 4.82. The van der Waals surface area contributed by atoms with Crippen LogP contribution in [0.5, 0.6) is 0 Å². The zero-order valence-corrected chi connectivity index (χ0v) is 12.4. The van der Waals surface area contributed by atoms with Crippen molar-refractivity contribution in [2.24, 2.45) is 0 Å². The maximum absolute atomic E-state index is 13.8. The van der Waals surface area contributed by atoms with Crippen molar-refractivity contribution >= 4 is 28.3 Å². The molecule has 2 nitrogen and oxygen atoms in total. The smallest absolute Gasteiger partial charge is 0.252 e. The number of carbonyl (C=O) groups is 1. The lowest BCUT2D eigenvalue weighted by Gasteiger charge is -2.28. The van der Waals surface area contributed by atoms with E-state index in [4.69, 9.17) is 11.6 Å². The first-order valence-electron chi connectivity index (χ1n) is 7.21. The summed E-state index contributed by atoms with van der Waals surface area (Å²) in [7, 11) is 0. The van der Waals surface area contributed by atoms with Crippen molar-refractivity contribution in [3.8, 4) is 0 Å². The second-order valence-electron chi connectivity index (χ2n) is 5.72. The fraction of sp³-hybridized carbons (Fsp3) is 0.353. The van der Waals surface area contributed by atoms with Gasteiger partial charge in [0.05, 0.1) is 5.54 Å². The molecule has 110 valence electrons. The predicted molar refractivity (Wildman–Crippen MR) is 83.3 cm³/mol. The van der Waals surface area contributed by atoms with Gasteiger partial charge in [-0.1, -0.05) is 37.1 Å². The van der Waals surface area contributed by atoms with Crippen LogP contribution in [0, 0.1) is 5.82 Å². The maximum atomic E-state index is 13.8. The molecule has 0 aromatic heterocycles. The molecule has 0 aliphatic heterocycles. The van der Waals surface area contributed by atoms with Crippen LogP contribution < -0.4 is 5.32 Å². The molecule has 1 aliphatic carbocycles. The summed E-state index contributed by atoms with van der Waals surface area (Å²) in [5, 5.41) is 4.18. The second kappa shape index (κ2) is 5.64. The highest BCUT2D eigenvalue weighted by Gasteiger charge is 2.34. The standard InChI is InChI=1S/C17H17ClFNO/c18-11-17(9-3-4-10-17)20-16(21)14-7-8-15(19)13-6-2-1-5-12(13)14/h1-2,5-8H,3-4,9-11H2,(H,20,21). The van der Waals surface area contributed by atoms with Crippen molar-refractivity contribution in [3.05, 3.63) is 47.8 Å². The molecule has 0 atom stereocenters. The van der Waals surface area contributed by atoms with E-state index in [2.05, 4.69) is 5.32 Å². The zero-order valence-electron chi connectivity index (χ0n) is 11.7. The summed E-state index contributed by atoms with van der Waals surface area (Å²) in [6, 6.07) is 9.93. The number of hydrogen-bond donors (Lipinski definition) is 1. The van der Waals surface area contributed by atoms with Crippen molar-refractivity contribution in [3.63, 3.8) is 0 Å². The van der Waals surface area contributed by atoms with Crippen LogP contribution in [0.4, 0.5) is 4.39 Å². The van der Waals surface area contributed by atoms with Gasteiger partial charge in [-0.05, 0) is 30.4 Å². The number of nitrogens with one attached hydrogen (secondary N) is 1. The van der Waals surface area contributed by atoms with Crippen LogP contribution in [-0.4, -0.2) is 17.3 Å². The summed E-state index contributed by atoms with van der Waals surface area (Å²) in [5.74, 6) is -0.0680. The third-order valence-electron chi connectivity index (χ3n) is 4.31. The molecule has 1 saturated carbocycles. The van der Waals surface area contributed by atoms with Gasteiger partial charge in [0, 0.05) is 16.8 Å². The Kier molecular flexibility index (Phi) is 3.85. The van der Waals surface area contributed by atoms with Gasteiger partial charge in [0.25, 0.3) is 5.91 Å². The van der Waals surface area contributed by atoms with Gasteiger partial charge in [-0.3, -0.25) is 4.79 Å². The molecule has 1 N–H and O–H groups in total. The van der Waals surface area contributed by atoms with Crippen LogP contribution in [0.2, 0.25) is 0 Å². The summed E-state index contributed by atoms with van der Waals surface area (Å²) in [4.78, 5) is 12.6. The average Bonchev–Trinajstić information content (AvgIpc) is 2.97. The van der Waals surface area contributed by atoms with Gasteiger partial charge < -0.3 is 5.32 Å². The van der Waals surface area contributed by atoms with Crippen LogP contribution in [0.1, 0.15) is 36.0 Å². The highest BCUT2D eigenvalue weighted by atomic mass is 35.5. The molecule has 1 amide bonds. The Balaban J connectivity index is 1.97. The van der Waals surface area contributed by atoms with Gasteiger partial charge >= 0.3 is 0 Å². The fourth-order valence-electron chi connectivity index (χ4n) is 3.11. The number of benzene rings is 2. The van der Waals surface area contributed by atoms with E-state index in [0.717, 1.165) is 25.7 Å². The number of halogens is 2. The molecular formula is C17H17ClFNO. The molecule has 1 fully saturated rings. The first-order chi connectivity index (χ1) is 10.2. The molecule has 0 radical (unpaired) electrons. The molecule has 3 rings (SSSR count). The molecule has 2 aromatic rings. The minimum atomic E-state index is -0.311. The minimum Gasteiger partial charge on any atom is -0.345 e. The van der Waals surface area contributed by atoms with E-state index in [1.165, 1.54) is 6.07 Å². The molecule has 0 spiro atoms. The second-order valence-corrected chi connectivity index (χ2v) is 5.98. The summed E-state index contributed by atoms with van der Waals surface area (Å²) >= 11 is 6.06. The lowest BCUT2D eigenvalue weighted by Crippen LogP contribution is -2.47. The van der Waals surface area contributed by atoms with E-state index in [1.807, 2.05) is 6.07 Å². The van der Waals surface area contributed by atoms with Crippen molar-refractivity contribution in [1.82, 2.24) is 5.32 Å². The molecular weight excluding hydrogens is 289 g/mol. The van der Waals surface area contributed by atoms with Crippen molar-refractivity contribution in [1.29, 1.82) is 0 Å². The predicted octanol–water partition coefficient (Wildman–Crippen LogP) is 4.26. The summed E-state index contributed by atoms with van der Waals surface area (Å²) < 4.78 is 13.8. The molecule has 4 heteroatoms. The van der Waals surface area contributed by atoms with Gasteiger partial charge in [0.15, 0.2) is 0 Å². The highest BCUT2D eigenvalue weighted by Crippen LogP contribution is 2.31. The molecule has 0 heterocycles. The van der Waals surface area contributed by atoms with Gasteiger partial charge in [0.2, 0.25) is 0 Å². The fourth-order valence-corrected chi connectivity index (χ4v) is 3.45. The quantitative estimate of drug-likeness (QED) is 0.843. The van der Waals surface area contributed by atoms with Crippen LogP contribution in [0.3, 0.4) is 0 Å². The Morgan fingerprint density at radius 3 is 2.48 bits per heavy atom. The number of alkyl halides is 1. The number of rotatable bonds is 3. The lowest BCUT2D eigenvalue weighted by molar-refractivity contribution is 0.0911. The van der Waals surface area contributed by atoms with E-state index in [1.54, 1.807) is 24.3 Å². The van der Waals surface area contributed by atoms with Crippen LogP contribution >= 0.6 is 11.6 Å². The lowest BCUT2D eigenvalue weighted by atomic mass is 9.98. The summed E-state index contributed by atoms with van der Waals surface area (Å²) in [6.07, 6.45) is 3.97. The van der Waals surface area contributed by atoms with Crippen LogP contribution in [0.25, 0.3) is 10.8 Å². The minimum absolute atomic E-state index is 0.172. The van der Waals surface area contributed by atoms with Crippen molar-refractivity contribution in [2.75, 3.05) is 5.88 Å². The Morgan fingerprint density at radius 1 is 1.14 bits per heavy atom. The first kappa shape index (κ1) is 14.3. The monoisotopic (exact) mass is 305 g/mol. The van der Waals surface area contributed by atoms with E-state index in [-0.39, 0.29) is 17.3 Å². The number of amides is 1. The Labute approximate surface area is 128 Å². The zero-order chi connectivity index (χ0) is 14.9. The number of fused-ring (bicyclic) bond motifs is 1. The topological polar surface area (TPSA) is 29.1 Å². The highest BCUT2D eigenvalue weighted by molar-refractivity contribution is 6.19. The normalized spacial score (nSPS) is 17.0. The van der Waals surface area contributed by atoms with Crippen LogP contribution in [0.15, 0.2) is 36.4 Å². The SMILES string of the molecule is O=C(NC1(CCl)CCCC1)c1ccc(F)c2ccccc12. The molecule has 0 unspecified atom stereocenters. The number of hydrogen-bond acceptors (Lipinski definition) is 1. The third kappa shape index (κ3) is 2.62. The van der Waals surface area contributed by atoms with Gasteiger partial charge in [-0.25, -0.2) is 4.39 Å². The van der Waals surface area contributed by atoms with Gasteiger partial charge in [-0.2, -0.15) is 0 Å². The van der Waals surface area contributed by atoms with Crippen LogP contribution in [-0.2, 0) is 0 Å². The molecule has 21 heavy (non-hydrogen) atoms. The Bertz CT molecular complexity index is 680. The summed E-state index contributed by atoms with van der Waals surface area (Å²) in [5.41, 5.74) is 0.192. The van der Waals surface area contributed by atoms with E-state index >= 15 is 0 Å². The maximum Gasteiger partial charge on any atom is 0.252 e. The van der Waals surface area contributed by atoms with E-state index in [0.29, 0.717) is 22.2 Å². The van der Waals surface area contributed by atoms with E-state index in [9.17, 15) is 9.18 Å². The Morgan fingerprint density at radius 2 is 1.81 bits per heavy atom. The average molecular weight is 306 g/mol. The largest absolute Gasteiger partial charge is 0.345 e. The van der Waals surface area contributed by atoms with Crippen molar-refractivity contribution in [2.45, 2.75) is 31.2 Å². The molecule has 0 saturated heterocycles.